The topological polar surface area (TPSA) is 40.2 Å². The van der Waals surface area contributed by atoms with Gasteiger partial charge in [-0.05, 0) is 24.1 Å². The number of aromatic nitrogens is 1. The summed E-state index contributed by atoms with van der Waals surface area (Å²) in [5.74, 6) is 0. The Morgan fingerprint density at radius 1 is 0.967 bits per heavy atom. The van der Waals surface area contributed by atoms with Crippen LogP contribution < -0.4 is 10.6 Å². The summed E-state index contributed by atoms with van der Waals surface area (Å²) in [5.41, 5.74) is 5.14. The second-order valence-corrected chi connectivity index (χ2v) is 8.96. The van der Waals surface area contributed by atoms with E-state index in [0.717, 1.165) is 13.1 Å². The molecule has 1 saturated heterocycles. The van der Waals surface area contributed by atoms with E-state index in [4.69, 9.17) is 0 Å². The predicted octanol–water partition coefficient (Wildman–Crippen LogP) is 4.82. The molecule has 2 aliphatic heterocycles. The lowest BCUT2D eigenvalue weighted by atomic mass is 10.1. The van der Waals surface area contributed by atoms with Crippen LogP contribution in [0.3, 0.4) is 0 Å². The Kier molecular flexibility index (Phi) is 5.58. The lowest BCUT2D eigenvalue weighted by Crippen LogP contribution is -2.34. The maximum atomic E-state index is 4.36. The zero-order chi connectivity index (χ0) is 20.3. The van der Waals surface area contributed by atoms with Crippen LogP contribution in [0.4, 0.5) is 0 Å². The number of rotatable bonds is 5. The summed E-state index contributed by atoms with van der Waals surface area (Å²) in [6.45, 7) is 4.03. The van der Waals surface area contributed by atoms with Crippen molar-refractivity contribution in [2.24, 2.45) is 0 Å². The van der Waals surface area contributed by atoms with E-state index in [1.165, 1.54) is 27.3 Å². The number of hydrogen-bond acceptors (Lipinski definition) is 5. The van der Waals surface area contributed by atoms with Crippen LogP contribution >= 0.6 is 11.8 Å². The first-order valence-corrected chi connectivity index (χ1v) is 11.3. The van der Waals surface area contributed by atoms with Gasteiger partial charge in [0.15, 0.2) is 0 Å². The monoisotopic (exact) mass is 414 g/mol. The molecular weight excluding hydrogens is 388 g/mol. The molecule has 4 nitrogen and oxygen atoms in total. The van der Waals surface area contributed by atoms with E-state index < -0.39 is 0 Å². The number of nitrogens with zero attached hydrogens (tertiary/aromatic N) is 2. The highest BCUT2D eigenvalue weighted by molar-refractivity contribution is 8.03. The third kappa shape index (κ3) is 3.88. The minimum atomic E-state index is 0.153. The van der Waals surface area contributed by atoms with Crippen molar-refractivity contribution < 1.29 is 0 Å². The quantitative estimate of drug-likeness (QED) is 0.626. The zero-order valence-electron chi connectivity index (χ0n) is 17.0. The highest BCUT2D eigenvalue weighted by Crippen LogP contribution is 2.45. The Balaban J connectivity index is 1.43. The molecule has 3 unspecified atom stereocenters. The van der Waals surface area contributed by atoms with Gasteiger partial charge in [0.25, 0.3) is 0 Å². The van der Waals surface area contributed by atoms with Gasteiger partial charge in [0.1, 0.15) is 5.37 Å². The van der Waals surface area contributed by atoms with Crippen LogP contribution in [0, 0.1) is 0 Å². The van der Waals surface area contributed by atoms with Gasteiger partial charge in [0.2, 0.25) is 0 Å². The van der Waals surface area contributed by atoms with Crippen LogP contribution in [-0.2, 0) is 6.54 Å². The first-order chi connectivity index (χ1) is 14.8. The molecule has 0 saturated carbocycles. The van der Waals surface area contributed by atoms with Crippen molar-refractivity contribution >= 4 is 11.8 Å². The molecule has 3 aromatic rings. The Bertz CT molecular complexity index is 1010. The molecule has 2 aliphatic rings. The lowest BCUT2D eigenvalue weighted by Gasteiger charge is -2.30. The Labute approximate surface area is 182 Å². The van der Waals surface area contributed by atoms with Gasteiger partial charge in [0.05, 0.1) is 12.2 Å². The van der Waals surface area contributed by atoms with E-state index in [1.54, 1.807) is 0 Å². The van der Waals surface area contributed by atoms with Crippen LogP contribution in [0.1, 0.15) is 35.2 Å². The SMILES string of the molecule is CC1=C(C2CNC(c3cccnc3)N2Cc2ccccc2)SC(c2ccccc2)N1. The highest BCUT2D eigenvalue weighted by atomic mass is 32.2. The van der Waals surface area contributed by atoms with Crippen molar-refractivity contribution in [3.05, 3.63) is 112 Å². The van der Waals surface area contributed by atoms with Gasteiger partial charge in [-0.25, -0.2) is 0 Å². The van der Waals surface area contributed by atoms with Gasteiger partial charge >= 0.3 is 0 Å². The van der Waals surface area contributed by atoms with Gasteiger partial charge < -0.3 is 5.32 Å². The zero-order valence-corrected chi connectivity index (χ0v) is 17.8. The molecule has 0 aliphatic carbocycles. The number of hydrogen-bond donors (Lipinski definition) is 2. The van der Waals surface area contributed by atoms with Crippen molar-refractivity contribution in [2.75, 3.05) is 6.54 Å². The van der Waals surface area contributed by atoms with E-state index >= 15 is 0 Å². The van der Waals surface area contributed by atoms with E-state index in [9.17, 15) is 0 Å². The maximum absolute atomic E-state index is 4.36. The number of thioether (sulfide) groups is 1. The molecule has 0 spiro atoms. The van der Waals surface area contributed by atoms with Crippen LogP contribution in [0.5, 0.6) is 0 Å². The number of nitrogens with one attached hydrogen (secondary N) is 2. The normalized spacial score (nSPS) is 24.2. The smallest absolute Gasteiger partial charge is 0.102 e. The van der Waals surface area contributed by atoms with Crippen LogP contribution in [0.25, 0.3) is 0 Å². The van der Waals surface area contributed by atoms with Gasteiger partial charge in [-0.3, -0.25) is 15.2 Å². The molecule has 0 bridgehead atoms. The molecule has 1 fully saturated rings. The van der Waals surface area contributed by atoms with Crippen molar-refractivity contribution in [3.63, 3.8) is 0 Å². The van der Waals surface area contributed by atoms with Crippen LogP contribution in [0.15, 0.2) is 95.8 Å². The third-order valence-electron chi connectivity index (χ3n) is 5.81. The minimum absolute atomic E-state index is 0.153. The summed E-state index contributed by atoms with van der Waals surface area (Å²) < 4.78 is 0. The molecular formula is C25H26N4S. The molecule has 5 rings (SSSR count). The molecule has 2 N–H and O–H groups in total. The largest absolute Gasteiger partial charge is 0.372 e. The average molecular weight is 415 g/mol. The third-order valence-corrected chi connectivity index (χ3v) is 7.27. The minimum Gasteiger partial charge on any atom is -0.372 e. The van der Waals surface area contributed by atoms with Crippen molar-refractivity contribution in [3.8, 4) is 0 Å². The van der Waals surface area contributed by atoms with E-state index in [1.807, 2.05) is 30.2 Å². The average Bonchev–Trinajstić information content (AvgIpc) is 3.39. The van der Waals surface area contributed by atoms with Gasteiger partial charge in [-0.1, -0.05) is 78.5 Å². The second-order valence-electron chi connectivity index (χ2n) is 7.81. The molecule has 152 valence electrons. The second kappa shape index (κ2) is 8.64. The van der Waals surface area contributed by atoms with Gasteiger partial charge in [-0.15, -0.1) is 0 Å². The summed E-state index contributed by atoms with van der Waals surface area (Å²) in [6, 6.07) is 26.0. The van der Waals surface area contributed by atoms with E-state index in [0.29, 0.717) is 6.04 Å². The fourth-order valence-corrected chi connectivity index (χ4v) is 5.74. The van der Waals surface area contributed by atoms with Crippen molar-refractivity contribution in [2.45, 2.75) is 31.0 Å². The number of benzene rings is 2. The Hall–Kier alpha value is -2.60. The Morgan fingerprint density at radius 3 is 2.43 bits per heavy atom. The number of pyridine rings is 1. The number of allylic oxidation sites excluding steroid dienone is 1. The molecule has 5 heteroatoms. The van der Waals surface area contributed by atoms with E-state index in [2.05, 4.69) is 94.2 Å². The first kappa shape index (κ1) is 19.4. The summed E-state index contributed by atoms with van der Waals surface area (Å²) >= 11 is 1.95. The van der Waals surface area contributed by atoms with Gasteiger partial charge in [-0.2, -0.15) is 0 Å². The van der Waals surface area contributed by atoms with Gasteiger partial charge in [0, 0.05) is 41.6 Å². The highest BCUT2D eigenvalue weighted by Gasteiger charge is 2.40. The molecule has 1 aromatic heterocycles. The molecule has 0 radical (unpaired) electrons. The predicted molar refractivity (Wildman–Crippen MR) is 123 cm³/mol. The molecule has 3 heterocycles. The molecule has 0 amide bonds. The molecule has 2 aromatic carbocycles. The summed E-state index contributed by atoms with van der Waals surface area (Å²) in [6.07, 6.45) is 3.97. The summed E-state index contributed by atoms with van der Waals surface area (Å²) in [7, 11) is 0. The fourth-order valence-electron chi connectivity index (χ4n) is 4.34. The van der Waals surface area contributed by atoms with Crippen LogP contribution in [0.2, 0.25) is 0 Å². The van der Waals surface area contributed by atoms with Crippen molar-refractivity contribution in [1.82, 2.24) is 20.5 Å². The Morgan fingerprint density at radius 2 is 1.70 bits per heavy atom. The van der Waals surface area contributed by atoms with Crippen LogP contribution in [-0.4, -0.2) is 22.5 Å². The summed E-state index contributed by atoms with van der Waals surface area (Å²) in [4.78, 5) is 8.37. The molecule has 30 heavy (non-hydrogen) atoms. The molecule has 3 atom stereocenters. The maximum Gasteiger partial charge on any atom is 0.102 e. The van der Waals surface area contributed by atoms with Crippen molar-refractivity contribution in [1.29, 1.82) is 0 Å². The van der Waals surface area contributed by atoms with E-state index in [-0.39, 0.29) is 11.5 Å². The standard InChI is InChI=1S/C25H26N4S/c1-18-23(30-25(28-18)20-11-6-3-7-12-20)22-16-27-24(21-13-8-14-26-15-21)29(22)17-19-9-4-2-5-10-19/h2-15,22,24-25,27-28H,16-17H2,1H3. The summed E-state index contributed by atoms with van der Waals surface area (Å²) in [5, 5.41) is 7.74. The fraction of sp³-hybridized carbons (Fsp3) is 0.240. The lowest BCUT2D eigenvalue weighted by molar-refractivity contribution is 0.201. The first-order valence-electron chi connectivity index (χ1n) is 10.4.